The summed E-state index contributed by atoms with van der Waals surface area (Å²) in [4.78, 5) is 24.8. The third-order valence-corrected chi connectivity index (χ3v) is 8.85. The van der Waals surface area contributed by atoms with Gasteiger partial charge in [0.15, 0.2) is 6.29 Å². The summed E-state index contributed by atoms with van der Waals surface area (Å²) in [5.74, 6) is -0.932. The van der Waals surface area contributed by atoms with Crippen LogP contribution in [-0.4, -0.2) is 99.2 Å². The number of esters is 2. The van der Waals surface area contributed by atoms with Gasteiger partial charge in [-0.15, -0.1) is 0 Å². The number of carbonyl (C=O) groups is 2. The summed E-state index contributed by atoms with van der Waals surface area (Å²) in [5.41, 5.74) is 0.909. The molecule has 2 heterocycles. The highest BCUT2D eigenvalue weighted by atomic mass is 16.7. The van der Waals surface area contributed by atoms with Crippen LogP contribution in [0.5, 0.6) is 0 Å². The van der Waals surface area contributed by atoms with Crippen LogP contribution in [0.4, 0.5) is 0 Å². The Bertz CT molecular complexity index is 948. The van der Waals surface area contributed by atoms with Gasteiger partial charge < -0.3 is 44.5 Å². The van der Waals surface area contributed by atoms with Crippen LogP contribution in [0.15, 0.2) is 23.8 Å². The number of ether oxygens (including phenoxy) is 4. The van der Waals surface area contributed by atoms with Gasteiger partial charge in [0.2, 0.25) is 0 Å². The number of fused-ring (bicyclic) bond motifs is 1. The third kappa shape index (κ3) is 6.95. The number of aliphatic hydroxyl groups excluding tert-OH is 5. The van der Waals surface area contributed by atoms with Gasteiger partial charge in [0, 0.05) is 18.8 Å². The highest BCUT2D eigenvalue weighted by Gasteiger charge is 2.47. The molecule has 0 radical (unpaired) electrons. The van der Waals surface area contributed by atoms with Crippen molar-refractivity contribution in [3.63, 3.8) is 0 Å². The number of carbonyl (C=O) groups excluding carboxylic acids is 2. The molecule has 0 aromatic rings. The largest absolute Gasteiger partial charge is 0.462 e. The molecule has 2 saturated heterocycles. The van der Waals surface area contributed by atoms with Crippen molar-refractivity contribution in [3.8, 4) is 0 Å². The summed E-state index contributed by atoms with van der Waals surface area (Å²) in [7, 11) is 0. The van der Waals surface area contributed by atoms with Crippen LogP contribution in [0.2, 0.25) is 0 Å². The molecule has 9 unspecified atom stereocenters. The van der Waals surface area contributed by atoms with Crippen LogP contribution in [0.25, 0.3) is 0 Å². The van der Waals surface area contributed by atoms with E-state index in [1.807, 2.05) is 26.0 Å². The zero-order chi connectivity index (χ0) is 29.1. The molecule has 2 fully saturated rings. The summed E-state index contributed by atoms with van der Waals surface area (Å²) in [6.07, 6.45) is -0.721. The van der Waals surface area contributed by atoms with Gasteiger partial charge in [-0.3, -0.25) is 9.59 Å². The van der Waals surface area contributed by atoms with E-state index in [1.54, 1.807) is 0 Å². The van der Waals surface area contributed by atoms with E-state index in [0.717, 1.165) is 5.57 Å². The number of allylic oxidation sites excluding steroid dienone is 2. The summed E-state index contributed by atoms with van der Waals surface area (Å²) in [6.45, 7) is 5.26. The predicted molar refractivity (Wildman–Crippen MR) is 140 cm³/mol. The summed E-state index contributed by atoms with van der Waals surface area (Å²) >= 11 is 0. The maximum absolute atomic E-state index is 13.0. The molecule has 0 bridgehead atoms. The minimum atomic E-state index is -1.56. The maximum atomic E-state index is 13.0. The molecule has 13 atom stereocenters. The Labute approximate surface area is 234 Å². The smallest absolute Gasteiger partial charge is 0.308 e. The number of cyclic esters (lactones) is 1. The molecule has 11 nitrogen and oxygen atoms in total. The Hall–Kier alpha value is -1.86. The number of aliphatic hydroxyl groups is 5. The quantitative estimate of drug-likeness (QED) is 0.248. The molecule has 4 rings (SSSR count). The molecule has 2 aliphatic heterocycles. The van der Waals surface area contributed by atoms with Crippen molar-refractivity contribution in [2.45, 2.75) is 114 Å². The van der Waals surface area contributed by atoms with Gasteiger partial charge in [0.05, 0.1) is 31.2 Å². The van der Waals surface area contributed by atoms with Gasteiger partial charge in [-0.2, -0.15) is 0 Å². The average molecular weight is 569 g/mol. The lowest BCUT2D eigenvalue weighted by Gasteiger charge is -2.45. The lowest BCUT2D eigenvalue weighted by atomic mass is 9.66. The Morgan fingerprint density at radius 1 is 1.12 bits per heavy atom. The van der Waals surface area contributed by atoms with Crippen LogP contribution in [-0.2, 0) is 28.5 Å². The average Bonchev–Trinajstić information content (AvgIpc) is 2.91. The fourth-order valence-electron chi connectivity index (χ4n) is 6.27. The van der Waals surface area contributed by atoms with Crippen LogP contribution >= 0.6 is 0 Å². The van der Waals surface area contributed by atoms with Gasteiger partial charge in [-0.05, 0) is 36.7 Å². The molecule has 2 aliphatic carbocycles. The number of hydrogen-bond acceptors (Lipinski definition) is 11. The second kappa shape index (κ2) is 13.4. The minimum absolute atomic E-state index is 0.0120. The fraction of sp³-hybridized carbons (Fsp3) is 0.793. The Morgan fingerprint density at radius 3 is 2.55 bits per heavy atom. The molecule has 0 saturated carbocycles. The molecule has 4 aliphatic rings. The van der Waals surface area contributed by atoms with Crippen molar-refractivity contribution in [3.05, 3.63) is 23.8 Å². The van der Waals surface area contributed by atoms with Gasteiger partial charge in [0.25, 0.3) is 0 Å². The topological polar surface area (TPSA) is 172 Å². The van der Waals surface area contributed by atoms with Crippen molar-refractivity contribution in [2.24, 2.45) is 23.7 Å². The minimum Gasteiger partial charge on any atom is -0.462 e. The van der Waals surface area contributed by atoms with Gasteiger partial charge in [-0.25, -0.2) is 0 Å². The Balaban J connectivity index is 1.55. The second-order valence-corrected chi connectivity index (χ2v) is 11.7. The summed E-state index contributed by atoms with van der Waals surface area (Å²) in [6, 6.07) is 0. The second-order valence-electron chi connectivity index (χ2n) is 11.7. The first kappa shape index (κ1) is 31.1. The molecule has 0 spiro atoms. The summed E-state index contributed by atoms with van der Waals surface area (Å²) in [5, 5.41) is 50.4. The van der Waals surface area contributed by atoms with Crippen molar-refractivity contribution >= 4 is 11.9 Å². The van der Waals surface area contributed by atoms with Crippen molar-refractivity contribution in [1.29, 1.82) is 0 Å². The van der Waals surface area contributed by atoms with E-state index in [-0.39, 0.29) is 48.6 Å². The first-order valence-corrected chi connectivity index (χ1v) is 14.5. The number of hydrogen-bond donors (Lipinski definition) is 5. The molecule has 40 heavy (non-hydrogen) atoms. The molecular weight excluding hydrogens is 524 g/mol. The standard InChI is InChI=1S/C29H44O11/c1-4-14(2)28(36)39-21-12-19(38-29-27(35)26(34)25(33)22(13-30)40-29)9-16-6-5-15(3)20(24(16)21)8-7-18-10-17(31)11-23(32)37-18/h5-6,9,14-15,17-22,24-27,29-31,33-35H,4,7-8,10-13H2,1-3H3/t14?,15?,17?,18?,19?,20?,21?,22-,24?,25+,26+,27-,29?/m1/s1. The van der Waals surface area contributed by atoms with E-state index < -0.39 is 61.6 Å². The first-order chi connectivity index (χ1) is 19.0. The highest BCUT2D eigenvalue weighted by molar-refractivity contribution is 5.72. The first-order valence-electron chi connectivity index (χ1n) is 14.5. The zero-order valence-electron chi connectivity index (χ0n) is 23.4. The highest BCUT2D eigenvalue weighted by Crippen LogP contribution is 2.45. The molecule has 0 aromatic carbocycles. The van der Waals surface area contributed by atoms with Crippen molar-refractivity contribution in [1.82, 2.24) is 0 Å². The Kier molecular flexibility index (Phi) is 10.4. The van der Waals surface area contributed by atoms with Crippen LogP contribution < -0.4 is 0 Å². The van der Waals surface area contributed by atoms with Gasteiger partial charge >= 0.3 is 11.9 Å². The molecule has 0 aromatic heterocycles. The SMILES string of the molecule is CCC(C)C(=O)OC1CC(OC2O[C@H](CO)[C@H](O)[C@H](O)[C@H]2O)C=C2C=CC(C)C(CCC3CC(O)CC(=O)O3)C21. The molecule has 11 heteroatoms. The summed E-state index contributed by atoms with van der Waals surface area (Å²) < 4.78 is 23.2. The van der Waals surface area contributed by atoms with E-state index >= 15 is 0 Å². The normalized spacial score (nSPS) is 42.4. The van der Waals surface area contributed by atoms with Crippen LogP contribution in [0, 0.1) is 23.7 Å². The molecule has 226 valence electrons. The Morgan fingerprint density at radius 2 is 1.88 bits per heavy atom. The van der Waals surface area contributed by atoms with Crippen molar-refractivity contribution in [2.75, 3.05) is 6.61 Å². The van der Waals surface area contributed by atoms with Crippen molar-refractivity contribution < 1.29 is 54.1 Å². The van der Waals surface area contributed by atoms with E-state index in [4.69, 9.17) is 18.9 Å². The van der Waals surface area contributed by atoms with E-state index in [1.165, 1.54) is 0 Å². The number of rotatable bonds is 9. The monoisotopic (exact) mass is 568 g/mol. The van der Waals surface area contributed by atoms with E-state index in [2.05, 4.69) is 13.0 Å². The predicted octanol–water partition coefficient (Wildman–Crippen LogP) is 0.745. The lowest BCUT2D eigenvalue weighted by Crippen LogP contribution is -2.60. The molecular formula is C29H44O11. The van der Waals surface area contributed by atoms with E-state index in [0.29, 0.717) is 25.7 Å². The van der Waals surface area contributed by atoms with E-state index in [9.17, 15) is 35.1 Å². The van der Waals surface area contributed by atoms with Gasteiger partial charge in [0.1, 0.15) is 36.6 Å². The molecule has 0 amide bonds. The fourth-order valence-corrected chi connectivity index (χ4v) is 6.27. The zero-order valence-corrected chi connectivity index (χ0v) is 23.4. The van der Waals surface area contributed by atoms with Gasteiger partial charge in [-0.1, -0.05) is 39.0 Å². The third-order valence-electron chi connectivity index (χ3n) is 8.85. The maximum Gasteiger partial charge on any atom is 0.308 e. The lowest BCUT2D eigenvalue weighted by molar-refractivity contribution is -0.309. The van der Waals surface area contributed by atoms with Crippen LogP contribution in [0.3, 0.4) is 0 Å². The van der Waals surface area contributed by atoms with Crippen LogP contribution in [0.1, 0.15) is 59.3 Å². The molecule has 5 N–H and O–H groups in total.